The van der Waals surface area contributed by atoms with Crippen LogP contribution >= 0.6 is 0 Å². The van der Waals surface area contributed by atoms with E-state index >= 15 is 0 Å². The van der Waals surface area contributed by atoms with Gasteiger partial charge in [0.2, 0.25) is 6.79 Å². The van der Waals surface area contributed by atoms with Gasteiger partial charge in [0.1, 0.15) is 0 Å². The van der Waals surface area contributed by atoms with Crippen molar-refractivity contribution < 1.29 is 19.1 Å². The molecular formula is C28H28N4O4. The first kappa shape index (κ1) is 24.8. The van der Waals surface area contributed by atoms with E-state index in [1.54, 1.807) is 53.4 Å². The molecule has 0 bridgehead atoms. The van der Waals surface area contributed by atoms with E-state index < -0.39 is 0 Å². The average molecular weight is 485 g/mol. The molecule has 0 aromatic heterocycles. The average Bonchev–Trinajstić information content (AvgIpc) is 3.36. The number of hydrogen-bond donors (Lipinski definition) is 2. The molecule has 3 aromatic rings. The molecule has 184 valence electrons. The van der Waals surface area contributed by atoms with Gasteiger partial charge in [0, 0.05) is 29.9 Å². The molecule has 0 saturated carbocycles. The number of nitrogens with one attached hydrogen (secondary N) is 1. The van der Waals surface area contributed by atoms with E-state index in [1.807, 2.05) is 32.0 Å². The fraction of sp³-hybridized carbons (Fsp3) is 0.250. The Bertz CT molecular complexity index is 1310. The van der Waals surface area contributed by atoms with E-state index in [-0.39, 0.29) is 24.0 Å². The maximum atomic E-state index is 13.4. The number of carbonyl (C=O) groups is 2. The summed E-state index contributed by atoms with van der Waals surface area (Å²) in [5, 5.41) is 12.0. The second kappa shape index (κ2) is 10.5. The van der Waals surface area contributed by atoms with Crippen LogP contribution in [0.25, 0.3) is 0 Å². The van der Waals surface area contributed by atoms with Gasteiger partial charge in [-0.25, -0.2) is 0 Å². The normalized spacial score (nSPS) is 12.1. The first-order valence-electron chi connectivity index (χ1n) is 11.6. The number of benzene rings is 3. The van der Waals surface area contributed by atoms with Gasteiger partial charge in [-0.2, -0.15) is 5.26 Å². The number of nitrogens with zero attached hydrogens (tertiary/aromatic N) is 2. The van der Waals surface area contributed by atoms with E-state index in [0.717, 1.165) is 5.56 Å². The standard InChI is InChI=1S/C28H28N4O4/c1-28(2,16-30)17-32(27(34)21-8-6-19(14-29)7-9-21)15-20-4-3-5-23(12-20)31-26(33)22-10-11-24-25(13-22)36-18-35-24/h3-13H,15-18,30H2,1-2H3,(H,31,33). The van der Waals surface area contributed by atoms with Crippen LogP contribution in [0.3, 0.4) is 0 Å². The van der Waals surface area contributed by atoms with Crippen molar-refractivity contribution >= 4 is 17.5 Å². The van der Waals surface area contributed by atoms with Gasteiger partial charge in [-0.1, -0.05) is 26.0 Å². The smallest absolute Gasteiger partial charge is 0.255 e. The SMILES string of the molecule is CC(C)(CN)CN(Cc1cccc(NC(=O)c2ccc3c(c2)OCO3)c1)C(=O)c1ccc(C#N)cc1. The molecule has 3 aromatic carbocycles. The van der Waals surface area contributed by atoms with Gasteiger partial charge < -0.3 is 25.4 Å². The monoisotopic (exact) mass is 484 g/mol. The highest BCUT2D eigenvalue weighted by Crippen LogP contribution is 2.32. The van der Waals surface area contributed by atoms with Crippen molar-refractivity contribution in [2.24, 2.45) is 11.1 Å². The van der Waals surface area contributed by atoms with Gasteiger partial charge in [-0.15, -0.1) is 0 Å². The molecule has 8 nitrogen and oxygen atoms in total. The van der Waals surface area contributed by atoms with Crippen molar-refractivity contribution in [3.05, 3.63) is 89.0 Å². The summed E-state index contributed by atoms with van der Waals surface area (Å²) in [6.07, 6.45) is 0. The Morgan fingerprint density at radius 1 is 1.03 bits per heavy atom. The van der Waals surface area contributed by atoms with Crippen LogP contribution in [-0.2, 0) is 6.54 Å². The van der Waals surface area contributed by atoms with Crippen LogP contribution in [-0.4, -0.2) is 36.6 Å². The summed E-state index contributed by atoms with van der Waals surface area (Å²) in [4.78, 5) is 27.9. The third kappa shape index (κ3) is 5.82. The van der Waals surface area contributed by atoms with Gasteiger partial charge >= 0.3 is 0 Å². The molecule has 3 N–H and O–H groups in total. The van der Waals surface area contributed by atoms with E-state index in [9.17, 15) is 9.59 Å². The Balaban J connectivity index is 1.52. The Labute approximate surface area is 210 Å². The summed E-state index contributed by atoms with van der Waals surface area (Å²) < 4.78 is 10.7. The van der Waals surface area contributed by atoms with Gasteiger partial charge in [0.05, 0.1) is 11.6 Å². The fourth-order valence-corrected chi connectivity index (χ4v) is 3.86. The van der Waals surface area contributed by atoms with Gasteiger partial charge in [0.25, 0.3) is 11.8 Å². The van der Waals surface area contributed by atoms with E-state index in [1.165, 1.54) is 0 Å². The molecular weight excluding hydrogens is 456 g/mol. The molecule has 0 aliphatic carbocycles. The summed E-state index contributed by atoms with van der Waals surface area (Å²) in [6, 6.07) is 21.1. The molecule has 36 heavy (non-hydrogen) atoms. The van der Waals surface area contributed by atoms with Crippen LogP contribution in [0.1, 0.15) is 45.7 Å². The van der Waals surface area contributed by atoms with Crippen LogP contribution in [0.5, 0.6) is 11.5 Å². The molecule has 1 aliphatic heterocycles. The summed E-state index contributed by atoms with van der Waals surface area (Å²) in [5.41, 5.74) is 8.56. The minimum absolute atomic E-state index is 0.140. The number of carbonyl (C=O) groups excluding carboxylic acids is 2. The first-order valence-corrected chi connectivity index (χ1v) is 11.6. The number of ether oxygens (including phenoxy) is 2. The van der Waals surface area contributed by atoms with Gasteiger partial charge in [0.15, 0.2) is 11.5 Å². The summed E-state index contributed by atoms with van der Waals surface area (Å²) in [6.45, 7) is 5.34. The highest BCUT2D eigenvalue weighted by atomic mass is 16.7. The molecule has 0 saturated heterocycles. The predicted octanol–water partition coefficient (Wildman–Crippen LogP) is 4.17. The van der Waals surface area contributed by atoms with E-state index in [4.69, 9.17) is 20.5 Å². The zero-order valence-corrected chi connectivity index (χ0v) is 20.3. The molecule has 0 unspecified atom stereocenters. The predicted molar refractivity (Wildman–Crippen MR) is 136 cm³/mol. The third-order valence-electron chi connectivity index (χ3n) is 5.91. The van der Waals surface area contributed by atoms with Gasteiger partial charge in [-0.05, 0) is 72.1 Å². The largest absolute Gasteiger partial charge is 0.454 e. The summed E-state index contributed by atoms with van der Waals surface area (Å²) in [5.74, 6) is 0.716. The van der Waals surface area contributed by atoms with Crippen LogP contribution in [0.4, 0.5) is 5.69 Å². The Hall–Kier alpha value is -4.35. The first-order chi connectivity index (χ1) is 17.3. The number of hydrogen-bond acceptors (Lipinski definition) is 6. The molecule has 4 rings (SSSR count). The zero-order valence-electron chi connectivity index (χ0n) is 20.3. The van der Waals surface area contributed by atoms with Gasteiger partial charge in [-0.3, -0.25) is 9.59 Å². The van der Waals surface area contributed by atoms with E-state index in [0.29, 0.717) is 53.5 Å². The number of nitriles is 1. The van der Waals surface area contributed by atoms with Crippen molar-refractivity contribution in [3.63, 3.8) is 0 Å². The van der Waals surface area contributed by atoms with Crippen LogP contribution in [0, 0.1) is 16.7 Å². The topological polar surface area (TPSA) is 118 Å². The zero-order chi connectivity index (χ0) is 25.7. The number of rotatable bonds is 8. The van der Waals surface area contributed by atoms with Crippen molar-refractivity contribution in [3.8, 4) is 17.6 Å². The second-order valence-corrected chi connectivity index (χ2v) is 9.44. The molecule has 0 spiro atoms. The molecule has 1 heterocycles. The maximum absolute atomic E-state index is 13.4. The number of nitrogens with two attached hydrogens (primary N) is 1. The lowest BCUT2D eigenvalue weighted by Crippen LogP contribution is -2.41. The number of anilines is 1. The minimum Gasteiger partial charge on any atom is -0.454 e. The quantitative estimate of drug-likeness (QED) is 0.496. The van der Waals surface area contributed by atoms with Crippen LogP contribution < -0.4 is 20.5 Å². The summed E-state index contributed by atoms with van der Waals surface area (Å²) in [7, 11) is 0. The fourth-order valence-electron chi connectivity index (χ4n) is 3.86. The maximum Gasteiger partial charge on any atom is 0.255 e. The third-order valence-corrected chi connectivity index (χ3v) is 5.91. The Morgan fingerprint density at radius 3 is 2.47 bits per heavy atom. The van der Waals surface area contributed by atoms with Crippen molar-refractivity contribution in [2.75, 3.05) is 25.2 Å². The number of fused-ring (bicyclic) bond motifs is 1. The molecule has 0 fully saturated rings. The van der Waals surface area contributed by atoms with Crippen molar-refractivity contribution in [1.82, 2.24) is 4.90 Å². The lowest BCUT2D eigenvalue weighted by molar-refractivity contribution is 0.0673. The van der Waals surface area contributed by atoms with Crippen molar-refractivity contribution in [2.45, 2.75) is 20.4 Å². The second-order valence-electron chi connectivity index (χ2n) is 9.44. The lowest BCUT2D eigenvalue weighted by Gasteiger charge is -2.32. The lowest BCUT2D eigenvalue weighted by atomic mass is 9.92. The van der Waals surface area contributed by atoms with Crippen LogP contribution in [0.2, 0.25) is 0 Å². The molecule has 1 aliphatic rings. The van der Waals surface area contributed by atoms with E-state index in [2.05, 4.69) is 11.4 Å². The van der Waals surface area contributed by atoms with Crippen LogP contribution in [0.15, 0.2) is 66.7 Å². The molecule has 0 radical (unpaired) electrons. The Kier molecular flexibility index (Phi) is 7.23. The highest BCUT2D eigenvalue weighted by Gasteiger charge is 2.25. The number of amides is 2. The highest BCUT2D eigenvalue weighted by molar-refractivity contribution is 6.04. The minimum atomic E-state index is -0.298. The Morgan fingerprint density at radius 2 is 1.75 bits per heavy atom. The van der Waals surface area contributed by atoms with Crippen molar-refractivity contribution in [1.29, 1.82) is 5.26 Å². The summed E-state index contributed by atoms with van der Waals surface area (Å²) >= 11 is 0. The molecule has 8 heteroatoms. The molecule has 0 atom stereocenters. The molecule has 2 amide bonds.